The largest absolute Gasteiger partial charge is 0.397 e. The molecule has 0 spiro atoms. The minimum atomic E-state index is -1.04. The molecule has 2 heterocycles. The van der Waals surface area contributed by atoms with Gasteiger partial charge in [0.15, 0.2) is 11.5 Å². The van der Waals surface area contributed by atoms with E-state index < -0.39 is 34.6 Å². The number of amides is 1. The van der Waals surface area contributed by atoms with Crippen LogP contribution in [0.2, 0.25) is 0 Å². The van der Waals surface area contributed by atoms with E-state index in [0.717, 1.165) is 49.1 Å². The molecule has 3 atom stereocenters. The molecule has 174 valence electrons. The van der Waals surface area contributed by atoms with E-state index in [0.29, 0.717) is 11.6 Å². The summed E-state index contributed by atoms with van der Waals surface area (Å²) >= 11 is 0. The second-order valence-corrected chi connectivity index (χ2v) is 8.54. The zero-order valence-corrected chi connectivity index (χ0v) is 18.0. The molecule has 0 bridgehead atoms. The lowest BCUT2D eigenvalue weighted by molar-refractivity contribution is 0.102. The first kappa shape index (κ1) is 22.7. The number of hydrogen-bond acceptors (Lipinski definition) is 5. The molecule has 1 aromatic carbocycles. The number of rotatable bonds is 4. The highest BCUT2D eigenvalue weighted by atomic mass is 19.1. The fourth-order valence-corrected chi connectivity index (χ4v) is 4.54. The normalized spacial score (nSPS) is 20.5. The molecular weight excluding hydrogens is 431 g/mol. The van der Waals surface area contributed by atoms with E-state index >= 15 is 0 Å². The Hall–Kier alpha value is -3.46. The molecule has 4 rings (SSSR count). The number of anilines is 2. The Morgan fingerprint density at radius 1 is 1.12 bits per heavy atom. The average molecular weight is 458 g/mol. The van der Waals surface area contributed by atoms with E-state index in [1.165, 1.54) is 6.20 Å². The number of carbonyl (C=O) groups is 1. The Morgan fingerprint density at radius 3 is 2.55 bits per heavy atom. The summed E-state index contributed by atoms with van der Waals surface area (Å²) in [5, 5.41) is 2.73. The molecule has 1 fully saturated rings. The Balaban J connectivity index is 0.00000324. The van der Waals surface area contributed by atoms with Crippen LogP contribution in [0.3, 0.4) is 0 Å². The van der Waals surface area contributed by atoms with Crippen LogP contribution in [0.4, 0.5) is 24.5 Å². The summed E-state index contributed by atoms with van der Waals surface area (Å²) < 4.78 is 43.0. The quantitative estimate of drug-likeness (QED) is 0.518. The van der Waals surface area contributed by atoms with Crippen LogP contribution in [-0.4, -0.2) is 21.9 Å². The first-order chi connectivity index (χ1) is 15.7. The highest BCUT2D eigenvalue weighted by Gasteiger charge is 2.28. The maximum Gasteiger partial charge on any atom is 0.276 e. The highest BCUT2D eigenvalue weighted by molar-refractivity contribution is 6.06. The summed E-state index contributed by atoms with van der Waals surface area (Å²) in [4.78, 5) is 21.0. The Kier molecular flexibility index (Phi) is 6.33. The van der Waals surface area contributed by atoms with Crippen LogP contribution in [-0.2, 0) is 0 Å². The van der Waals surface area contributed by atoms with Crippen molar-refractivity contribution in [1.82, 2.24) is 9.97 Å². The molecule has 1 amide bonds. The van der Waals surface area contributed by atoms with Gasteiger partial charge in [0.05, 0.1) is 23.1 Å². The van der Waals surface area contributed by atoms with Crippen LogP contribution < -0.4 is 16.8 Å². The van der Waals surface area contributed by atoms with Crippen molar-refractivity contribution in [2.75, 3.05) is 11.1 Å². The van der Waals surface area contributed by atoms with Gasteiger partial charge in [0.1, 0.15) is 17.3 Å². The molecule has 33 heavy (non-hydrogen) atoms. The molecule has 0 radical (unpaired) electrons. The van der Waals surface area contributed by atoms with Gasteiger partial charge in [-0.05, 0) is 54.9 Å². The maximum absolute atomic E-state index is 14.5. The molecule has 3 aromatic rings. The van der Waals surface area contributed by atoms with Crippen molar-refractivity contribution in [1.29, 1.82) is 0 Å². The maximum atomic E-state index is 14.5. The van der Waals surface area contributed by atoms with Gasteiger partial charge in [-0.15, -0.1) is 0 Å². The Labute approximate surface area is 190 Å². The van der Waals surface area contributed by atoms with Crippen LogP contribution >= 0.6 is 0 Å². The second kappa shape index (κ2) is 9.19. The number of pyridine rings is 2. The van der Waals surface area contributed by atoms with Gasteiger partial charge in [0, 0.05) is 19.7 Å². The summed E-state index contributed by atoms with van der Waals surface area (Å²) in [6.45, 7) is 2.14. The highest BCUT2D eigenvalue weighted by Crippen LogP contribution is 2.38. The van der Waals surface area contributed by atoms with E-state index in [1.807, 2.05) is 6.07 Å². The van der Waals surface area contributed by atoms with Crippen LogP contribution in [0.25, 0.3) is 11.3 Å². The van der Waals surface area contributed by atoms with E-state index in [2.05, 4.69) is 22.2 Å². The van der Waals surface area contributed by atoms with Crippen LogP contribution in [0.1, 0.15) is 49.6 Å². The molecule has 9 heteroatoms. The molecule has 0 unspecified atom stereocenters. The van der Waals surface area contributed by atoms with E-state index in [9.17, 15) is 18.0 Å². The molecule has 1 aliphatic rings. The average Bonchev–Trinajstić information content (AvgIpc) is 2.74. The molecule has 0 aliphatic heterocycles. The zero-order valence-electron chi connectivity index (χ0n) is 18.0. The van der Waals surface area contributed by atoms with E-state index in [1.54, 1.807) is 6.20 Å². The number of nitrogens with zero attached hydrogens (tertiary/aromatic N) is 2. The van der Waals surface area contributed by atoms with Gasteiger partial charge >= 0.3 is 0 Å². The summed E-state index contributed by atoms with van der Waals surface area (Å²) in [5.74, 6) is -3.23. The summed E-state index contributed by atoms with van der Waals surface area (Å²) in [6, 6.07) is 5.82. The SMILES string of the molecule is C[C@@H]1C[C@H](N)C[C@H](c2ccncc2NC(=O)c2nc(-c3c(F)cccc3F)c(F)cc2N)C1.[HH]. The van der Waals surface area contributed by atoms with Crippen molar-refractivity contribution < 1.29 is 19.4 Å². The van der Waals surface area contributed by atoms with Crippen molar-refractivity contribution in [3.8, 4) is 11.3 Å². The summed E-state index contributed by atoms with van der Waals surface area (Å²) in [5.41, 5.74) is 11.5. The van der Waals surface area contributed by atoms with Gasteiger partial charge in [-0.1, -0.05) is 13.0 Å². The molecule has 2 aromatic heterocycles. The lowest BCUT2D eigenvalue weighted by Gasteiger charge is -2.32. The van der Waals surface area contributed by atoms with Crippen molar-refractivity contribution in [3.05, 3.63) is 71.4 Å². The third-order valence-corrected chi connectivity index (χ3v) is 5.94. The number of nitrogens with two attached hydrogens (primary N) is 2. The first-order valence-electron chi connectivity index (χ1n) is 10.7. The van der Waals surface area contributed by atoms with Crippen LogP contribution in [0.15, 0.2) is 42.7 Å². The van der Waals surface area contributed by atoms with Gasteiger partial charge in [-0.3, -0.25) is 9.78 Å². The fourth-order valence-electron chi connectivity index (χ4n) is 4.54. The van der Waals surface area contributed by atoms with Crippen molar-refractivity contribution in [3.63, 3.8) is 0 Å². The van der Waals surface area contributed by atoms with E-state index in [4.69, 9.17) is 11.5 Å². The zero-order chi connectivity index (χ0) is 23.7. The number of halogens is 3. The minimum Gasteiger partial charge on any atom is -0.397 e. The molecule has 0 saturated heterocycles. The smallest absolute Gasteiger partial charge is 0.276 e. The fraction of sp³-hybridized carbons (Fsp3) is 0.292. The number of hydrogen-bond donors (Lipinski definition) is 3. The lowest BCUT2D eigenvalue weighted by atomic mass is 9.76. The third kappa shape index (κ3) is 4.68. The van der Waals surface area contributed by atoms with Gasteiger partial charge in [-0.2, -0.15) is 0 Å². The molecule has 5 N–H and O–H groups in total. The molecule has 1 aliphatic carbocycles. The number of carbonyl (C=O) groups excluding carboxylic acids is 1. The predicted octanol–water partition coefficient (Wildman–Crippen LogP) is 4.87. The Morgan fingerprint density at radius 2 is 1.85 bits per heavy atom. The van der Waals surface area contributed by atoms with Gasteiger partial charge in [0.25, 0.3) is 5.91 Å². The van der Waals surface area contributed by atoms with Gasteiger partial charge in [-0.25, -0.2) is 18.2 Å². The minimum absolute atomic E-state index is 0. The van der Waals surface area contributed by atoms with Crippen molar-refractivity contribution in [2.45, 2.75) is 38.1 Å². The van der Waals surface area contributed by atoms with Gasteiger partial charge in [0.2, 0.25) is 0 Å². The van der Waals surface area contributed by atoms with Gasteiger partial charge < -0.3 is 16.8 Å². The molecular formula is C24H26F3N5O. The number of nitrogen functional groups attached to an aromatic ring is 1. The number of nitrogens with one attached hydrogen (secondary N) is 1. The van der Waals surface area contributed by atoms with Crippen LogP contribution in [0.5, 0.6) is 0 Å². The lowest BCUT2D eigenvalue weighted by Crippen LogP contribution is -2.31. The number of aromatic nitrogens is 2. The molecule has 6 nitrogen and oxygen atoms in total. The summed E-state index contributed by atoms with van der Waals surface area (Å²) in [6.07, 6.45) is 5.77. The van der Waals surface area contributed by atoms with E-state index in [-0.39, 0.29) is 24.8 Å². The standard InChI is InChI=1S/C24H24F3N5O.H2/c1-12-7-13(9-14(28)8-12)15-5-6-30-11-20(15)31-24(33)23-19(29)10-18(27)22(32-23)21-16(25)3-2-4-17(21)26;/h2-6,10-14H,7-9,28-29H2,1H3,(H,31,33);1H/t12-,13+,14-;/m0./s1. The first-order valence-corrected chi connectivity index (χ1v) is 10.7. The van der Waals surface area contributed by atoms with Crippen LogP contribution in [0, 0.1) is 23.4 Å². The number of benzene rings is 1. The molecule has 1 saturated carbocycles. The second-order valence-electron chi connectivity index (χ2n) is 8.54. The monoisotopic (exact) mass is 457 g/mol. The topological polar surface area (TPSA) is 107 Å². The predicted molar refractivity (Wildman–Crippen MR) is 122 cm³/mol. The van der Waals surface area contributed by atoms with Crippen molar-refractivity contribution >= 4 is 17.3 Å². The van der Waals surface area contributed by atoms with Crippen molar-refractivity contribution in [2.24, 2.45) is 11.7 Å². The Bertz CT molecular complexity index is 1180. The third-order valence-electron chi connectivity index (χ3n) is 5.94. The summed E-state index contributed by atoms with van der Waals surface area (Å²) in [7, 11) is 0.